The number of esters is 1. The lowest BCUT2D eigenvalue weighted by atomic mass is 10.2. The van der Waals surface area contributed by atoms with Crippen LogP contribution < -0.4 is 0 Å². The molecule has 118 valence electrons. The molecule has 0 fully saturated rings. The minimum atomic E-state index is -0.185. The number of ether oxygens (including phenoxy) is 1. The van der Waals surface area contributed by atoms with Gasteiger partial charge in [0.05, 0.1) is 18.8 Å². The maximum atomic E-state index is 11.4. The first kappa shape index (κ1) is 16.8. The van der Waals surface area contributed by atoms with Crippen LogP contribution in [-0.2, 0) is 15.3 Å². The average molecular weight is 341 g/mol. The fourth-order valence-corrected chi connectivity index (χ4v) is 2.67. The van der Waals surface area contributed by atoms with Gasteiger partial charge in [0.15, 0.2) is 0 Å². The van der Waals surface area contributed by atoms with Crippen molar-refractivity contribution in [3.05, 3.63) is 35.2 Å². The van der Waals surface area contributed by atoms with Gasteiger partial charge in [-0.05, 0) is 31.2 Å². The normalized spacial score (nSPS) is 12.1. The van der Waals surface area contributed by atoms with Crippen LogP contribution in [0.4, 0.5) is 0 Å². The number of carbonyl (C=O) groups excluding carboxylic acids is 1. The molecule has 0 N–H and O–H groups in total. The fraction of sp³-hybridized carbons (Fsp3) is 0.400. The topological polar surface area (TPSA) is 65.2 Å². The van der Waals surface area contributed by atoms with E-state index >= 15 is 0 Å². The molecule has 0 aliphatic rings. The minimum absolute atomic E-state index is 0.130. The monoisotopic (exact) mass is 340 g/mol. The van der Waals surface area contributed by atoms with Crippen molar-refractivity contribution in [2.45, 2.75) is 31.3 Å². The molecule has 0 unspecified atom stereocenters. The van der Waals surface area contributed by atoms with Gasteiger partial charge >= 0.3 is 5.97 Å². The van der Waals surface area contributed by atoms with Crippen molar-refractivity contribution in [3.8, 4) is 11.5 Å². The van der Waals surface area contributed by atoms with E-state index in [4.69, 9.17) is 20.8 Å². The first-order valence-corrected chi connectivity index (χ1v) is 8.36. The molecule has 0 amide bonds. The molecule has 7 heteroatoms. The quantitative estimate of drug-likeness (QED) is 0.711. The molecule has 1 heterocycles. The molecule has 1 aromatic carbocycles. The molecule has 5 nitrogen and oxygen atoms in total. The van der Waals surface area contributed by atoms with Crippen LogP contribution in [0.3, 0.4) is 0 Å². The highest BCUT2D eigenvalue weighted by atomic mass is 35.5. The molecule has 0 saturated heterocycles. The third-order valence-electron chi connectivity index (χ3n) is 2.81. The molecule has 0 spiro atoms. The molecule has 1 aromatic heterocycles. The van der Waals surface area contributed by atoms with Crippen molar-refractivity contribution in [2.75, 3.05) is 6.61 Å². The Kier molecular flexibility index (Phi) is 6.27. The van der Waals surface area contributed by atoms with Crippen LogP contribution >= 0.6 is 23.4 Å². The maximum absolute atomic E-state index is 11.4. The molecule has 2 aromatic rings. The second-order valence-corrected chi connectivity index (χ2v) is 6.50. The summed E-state index contributed by atoms with van der Waals surface area (Å²) in [6.07, 6.45) is 0.372. The van der Waals surface area contributed by atoms with E-state index < -0.39 is 0 Å². The van der Waals surface area contributed by atoms with E-state index in [1.165, 1.54) is 0 Å². The molecular formula is C15H17ClN2O3S. The van der Waals surface area contributed by atoms with Crippen molar-refractivity contribution >= 4 is 29.3 Å². The Morgan fingerprint density at radius 3 is 2.77 bits per heavy atom. The van der Waals surface area contributed by atoms with Crippen LogP contribution in [0.25, 0.3) is 11.5 Å². The highest BCUT2D eigenvalue weighted by Gasteiger charge is 2.13. The van der Waals surface area contributed by atoms with Crippen molar-refractivity contribution in [3.63, 3.8) is 0 Å². The molecule has 1 atom stereocenters. The van der Waals surface area contributed by atoms with E-state index in [1.807, 2.05) is 19.1 Å². The van der Waals surface area contributed by atoms with Gasteiger partial charge in [0.25, 0.3) is 0 Å². The third-order valence-corrected chi connectivity index (χ3v) is 4.21. The summed E-state index contributed by atoms with van der Waals surface area (Å²) in [7, 11) is 0. The van der Waals surface area contributed by atoms with Gasteiger partial charge in [-0.15, -0.1) is 22.0 Å². The van der Waals surface area contributed by atoms with Crippen LogP contribution in [0.1, 0.15) is 26.2 Å². The molecule has 22 heavy (non-hydrogen) atoms. The Labute approximate surface area is 138 Å². The third kappa shape index (κ3) is 5.03. The van der Waals surface area contributed by atoms with Gasteiger partial charge < -0.3 is 9.15 Å². The molecular weight excluding hydrogens is 324 g/mol. The van der Waals surface area contributed by atoms with Gasteiger partial charge in [-0.3, -0.25) is 4.79 Å². The lowest BCUT2D eigenvalue weighted by molar-refractivity contribution is -0.142. The highest BCUT2D eigenvalue weighted by Crippen LogP contribution is 2.24. The number of hydrogen-bond acceptors (Lipinski definition) is 6. The van der Waals surface area contributed by atoms with Gasteiger partial charge in [-0.2, -0.15) is 0 Å². The van der Waals surface area contributed by atoms with E-state index in [1.54, 1.807) is 30.8 Å². The predicted molar refractivity (Wildman–Crippen MR) is 86.8 cm³/mol. The van der Waals surface area contributed by atoms with Gasteiger partial charge in [-0.1, -0.05) is 18.5 Å². The minimum Gasteiger partial charge on any atom is -0.466 e. The van der Waals surface area contributed by atoms with E-state index in [0.717, 1.165) is 5.56 Å². The average Bonchev–Trinajstić information content (AvgIpc) is 2.95. The number of hydrogen-bond donors (Lipinski definition) is 0. The van der Waals surface area contributed by atoms with Gasteiger partial charge in [0.2, 0.25) is 11.8 Å². The van der Waals surface area contributed by atoms with Crippen molar-refractivity contribution in [2.24, 2.45) is 0 Å². The Bertz CT molecular complexity index is 616. The summed E-state index contributed by atoms with van der Waals surface area (Å²) in [6, 6.07) is 7.21. The predicted octanol–water partition coefficient (Wildman–Crippen LogP) is 3.96. The smallest absolute Gasteiger partial charge is 0.306 e. The summed E-state index contributed by atoms with van der Waals surface area (Å²) in [5, 5.41) is 8.82. The van der Waals surface area contributed by atoms with Gasteiger partial charge in [0, 0.05) is 15.8 Å². The number of benzene rings is 1. The standard InChI is InChI=1S/C15H17ClN2O3S/c1-3-20-14(19)8-10(2)22-9-13-17-18-15(21-13)11-4-6-12(16)7-5-11/h4-7,10H,3,8-9H2,1-2H3/t10-/m1/s1. The largest absolute Gasteiger partial charge is 0.466 e. The number of thioether (sulfide) groups is 1. The van der Waals surface area contributed by atoms with E-state index in [0.29, 0.717) is 35.6 Å². The summed E-state index contributed by atoms with van der Waals surface area (Å²) in [4.78, 5) is 11.4. The number of carbonyl (C=O) groups is 1. The van der Waals surface area contributed by atoms with Crippen molar-refractivity contribution < 1.29 is 13.9 Å². The summed E-state index contributed by atoms with van der Waals surface area (Å²) in [6.45, 7) is 4.18. The first-order valence-electron chi connectivity index (χ1n) is 6.94. The Morgan fingerprint density at radius 2 is 2.09 bits per heavy atom. The van der Waals surface area contributed by atoms with Gasteiger partial charge in [0.1, 0.15) is 0 Å². The second-order valence-electron chi connectivity index (χ2n) is 4.64. The van der Waals surface area contributed by atoms with Crippen LogP contribution in [0.2, 0.25) is 5.02 Å². The number of nitrogens with zero attached hydrogens (tertiary/aromatic N) is 2. The summed E-state index contributed by atoms with van der Waals surface area (Å²) in [5.74, 6) is 1.37. The van der Waals surface area contributed by atoms with Crippen LogP contribution in [0.5, 0.6) is 0 Å². The first-order chi connectivity index (χ1) is 10.6. The summed E-state index contributed by atoms with van der Waals surface area (Å²) >= 11 is 7.42. The van der Waals surface area contributed by atoms with Crippen LogP contribution in [0.15, 0.2) is 28.7 Å². The van der Waals surface area contributed by atoms with E-state index in [-0.39, 0.29) is 11.2 Å². The zero-order valence-electron chi connectivity index (χ0n) is 12.4. The molecule has 0 aliphatic heterocycles. The zero-order valence-corrected chi connectivity index (χ0v) is 14.0. The highest BCUT2D eigenvalue weighted by molar-refractivity contribution is 7.99. The Hall–Kier alpha value is -1.53. The van der Waals surface area contributed by atoms with Crippen LogP contribution in [-0.4, -0.2) is 28.0 Å². The van der Waals surface area contributed by atoms with Crippen LogP contribution in [0, 0.1) is 0 Å². The lowest BCUT2D eigenvalue weighted by Gasteiger charge is -2.08. The molecule has 0 saturated carbocycles. The number of aromatic nitrogens is 2. The van der Waals surface area contributed by atoms with Crippen molar-refractivity contribution in [1.29, 1.82) is 0 Å². The van der Waals surface area contributed by atoms with Gasteiger partial charge in [-0.25, -0.2) is 0 Å². The van der Waals surface area contributed by atoms with E-state index in [9.17, 15) is 4.79 Å². The molecule has 0 radical (unpaired) electrons. The lowest BCUT2D eigenvalue weighted by Crippen LogP contribution is -2.10. The molecule has 2 rings (SSSR count). The summed E-state index contributed by atoms with van der Waals surface area (Å²) < 4.78 is 10.5. The Morgan fingerprint density at radius 1 is 1.36 bits per heavy atom. The SMILES string of the molecule is CCOC(=O)C[C@@H](C)SCc1nnc(-c2ccc(Cl)cc2)o1. The number of halogens is 1. The van der Waals surface area contributed by atoms with Crippen molar-refractivity contribution in [1.82, 2.24) is 10.2 Å². The zero-order chi connectivity index (χ0) is 15.9. The Balaban J connectivity index is 1.87. The van der Waals surface area contributed by atoms with E-state index in [2.05, 4.69) is 10.2 Å². The molecule has 0 aliphatic carbocycles. The number of rotatable bonds is 7. The maximum Gasteiger partial charge on any atom is 0.306 e. The fourth-order valence-electron chi connectivity index (χ4n) is 1.75. The summed E-state index contributed by atoms with van der Waals surface area (Å²) in [5.41, 5.74) is 0.827. The molecule has 0 bridgehead atoms. The second kappa shape index (κ2) is 8.19.